The van der Waals surface area contributed by atoms with Gasteiger partial charge in [-0.05, 0) is 80.6 Å². The van der Waals surface area contributed by atoms with Crippen molar-refractivity contribution in [2.75, 3.05) is 5.32 Å². The van der Waals surface area contributed by atoms with E-state index >= 15 is 0 Å². The molecule has 1 heterocycles. The van der Waals surface area contributed by atoms with Crippen LogP contribution in [0.5, 0.6) is 0 Å². The average Bonchev–Trinajstić information content (AvgIpc) is 3.45. The molecule has 0 atom stereocenters. The summed E-state index contributed by atoms with van der Waals surface area (Å²) in [5.74, 6) is 0. The molecule has 1 aliphatic rings. The molecule has 0 saturated carbocycles. The van der Waals surface area contributed by atoms with E-state index in [1.54, 1.807) is 0 Å². The summed E-state index contributed by atoms with van der Waals surface area (Å²) >= 11 is 1.87. The number of hydrogen-bond acceptors (Lipinski definition) is 2. The van der Waals surface area contributed by atoms with E-state index in [4.69, 9.17) is 0 Å². The van der Waals surface area contributed by atoms with Crippen LogP contribution in [-0.2, 0) is 5.41 Å². The van der Waals surface area contributed by atoms with Crippen LogP contribution >= 0.6 is 11.3 Å². The molecule has 1 aliphatic carbocycles. The SMILES string of the molecule is CC1(C)c2cc(Nc3ccc4sc5cccc(-c6ccccc6)c5c4c3)ccc2-c2c1ccc1ccccc21. The Balaban J connectivity index is 1.23. The fourth-order valence-electron chi connectivity index (χ4n) is 6.51. The molecular weight excluding hydrogens is 490 g/mol. The predicted octanol–water partition coefficient (Wildman–Crippen LogP) is 10.9. The number of hydrogen-bond donors (Lipinski definition) is 1. The molecule has 186 valence electrons. The van der Waals surface area contributed by atoms with E-state index in [0.717, 1.165) is 11.4 Å². The van der Waals surface area contributed by atoms with Crippen LogP contribution in [0.25, 0.3) is 53.2 Å². The van der Waals surface area contributed by atoms with E-state index in [9.17, 15) is 0 Å². The molecule has 0 bridgehead atoms. The van der Waals surface area contributed by atoms with E-state index in [0.29, 0.717) is 0 Å². The van der Waals surface area contributed by atoms with Crippen LogP contribution in [0.15, 0.2) is 121 Å². The summed E-state index contributed by atoms with van der Waals surface area (Å²) in [5, 5.41) is 9.03. The first-order valence-electron chi connectivity index (χ1n) is 13.5. The molecule has 0 amide bonds. The Morgan fingerprint density at radius 1 is 0.564 bits per heavy atom. The molecule has 0 radical (unpaired) electrons. The molecule has 7 aromatic rings. The number of rotatable bonds is 3. The van der Waals surface area contributed by atoms with Gasteiger partial charge in [0.25, 0.3) is 0 Å². The normalized spacial score (nSPS) is 13.6. The third-order valence-corrected chi connectivity index (χ3v) is 9.57. The third-order valence-electron chi connectivity index (χ3n) is 8.43. The van der Waals surface area contributed by atoms with Crippen LogP contribution < -0.4 is 5.32 Å². The minimum absolute atomic E-state index is 0.0511. The first-order chi connectivity index (χ1) is 19.1. The highest BCUT2D eigenvalue weighted by atomic mass is 32.1. The van der Waals surface area contributed by atoms with E-state index in [-0.39, 0.29) is 5.41 Å². The first kappa shape index (κ1) is 22.6. The summed E-state index contributed by atoms with van der Waals surface area (Å²) in [6.45, 7) is 4.70. The molecule has 8 rings (SSSR count). The highest BCUT2D eigenvalue weighted by molar-refractivity contribution is 7.26. The van der Waals surface area contributed by atoms with Crippen molar-refractivity contribution in [1.82, 2.24) is 0 Å². The van der Waals surface area contributed by atoms with Gasteiger partial charge in [-0.2, -0.15) is 0 Å². The van der Waals surface area contributed by atoms with E-state index in [2.05, 4.69) is 140 Å². The minimum Gasteiger partial charge on any atom is -0.355 e. The van der Waals surface area contributed by atoms with Crippen molar-refractivity contribution in [3.63, 3.8) is 0 Å². The first-order valence-corrected chi connectivity index (χ1v) is 14.3. The Bertz CT molecular complexity index is 2060. The van der Waals surface area contributed by atoms with Crippen LogP contribution in [0.2, 0.25) is 0 Å². The topological polar surface area (TPSA) is 12.0 Å². The largest absolute Gasteiger partial charge is 0.355 e. The van der Waals surface area contributed by atoms with Gasteiger partial charge in [0.05, 0.1) is 0 Å². The Labute approximate surface area is 232 Å². The smallest absolute Gasteiger partial charge is 0.0391 e. The summed E-state index contributed by atoms with van der Waals surface area (Å²) in [6.07, 6.45) is 0. The van der Waals surface area contributed by atoms with Crippen LogP contribution in [0.3, 0.4) is 0 Å². The molecule has 1 aromatic heterocycles. The van der Waals surface area contributed by atoms with Gasteiger partial charge >= 0.3 is 0 Å². The molecular formula is C37H27NS. The van der Waals surface area contributed by atoms with E-state index in [1.165, 1.54) is 64.3 Å². The quantitative estimate of drug-likeness (QED) is 0.246. The lowest BCUT2D eigenvalue weighted by Crippen LogP contribution is -2.15. The van der Waals surface area contributed by atoms with Crippen molar-refractivity contribution in [1.29, 1.82) is 0 Å². The Kier molecular flexibility index (Phi) is 4.80. The van der Waals surface area contributed by atoms with Crippen molar-refractivity contribution in [2.45, 2.75) is 19.3 Å². The van der Waals surface area contributed by atoms with Crippen molar-refractivity contribution in [2.24, 2.45) is 0 Å². The lowest BCUT2D eigenvalue weighted by molar-refractivity contribution is 0.661. The van der Waals surface area contributed by atoms with Crippen LogP contribution in [-0.4, -0.2) is 0 Å². The van der Waals surface area contributed by atoms with Crippen molar-refractivity contribution >= 4 is 53.7 Å². The Morgan fingerprint density at radius 3 is 2.26 bits per heavy atom. The second kappa shape index (κ2) is 8.30. The molecule has 1 nitrogen and oxygen atoms in total. The standard InChI is InChI=1S/C37H27NS/c1-37(2)31-19-15-24-11-6-7-12-27(24)35(31)29-18-16-26(22-32(29)37)38-25-17-20-33-30(21-25)36-28(13-8-14-34(36)39-33)23-9-4-3-5-10-23/h3-22,38H,1-2H3. The maximum absolute atomic E-state index is 3.75. The van der Waals surface area contributed by atoms with Gasteiger partial charge in [0, 0.05) is 37.0 Å². The predicted molar refractivity (Wildman–Crippen MR) is 170 cm³/mol. The Morgan fingerprint density at radius 2 is 1.36 bits per heavy atom. The lowest BCUT2D eigenvalue weighted by Gasteiger charge is -2.22. The molecule has 0 fully saturated rings. The lowest BCUT2D eigenvalue weighted by atomic mass is 9.82. The molecule has 0 aliphatic heterocycles. The summed E-state index contributed by atoms with van der Waals surface area (Å²) in [4.78, 5) is 0. The number of thiophene rings is 1. The summed E-state index contributed by atoms with van der Waals surface area (Å²) in [5.41, 5.74) is 10.3. The summed E-state index contributed by atoms with van der Waals surface area (Å²) in [7, 11) is 0. The summed E-state index contributed by atoms with van der Waals surface area (Å²) in [6, 6.07) is 44.4. The van der Waals surface area contributed by atoms with Gasteiger partial charge in [-0.15, -0.1) is 11.3 Å². The fourth-order valence-corrected chi connectivity index (χ4v) is 7.63. The van der Waals surface area contributed by atoms with Gasteiger partial charge in [-0.1, -0.05) is 98.8 Å². The van der Waals surface area contributed by atoms with Crippen LogP contribution in [0.4, 0.5) is 11.4 Å². The van der Waals surface area contributed by atoms with Gasteiger partial charge in [-0.3, -0.25) is 0 Å². The van der Waals surface area contributed by atoms with Crippen LogP contribution in [0, 0.1) is 0 Å². The van der Waals surface area contributed by atoms with Crippen molar-refractivity contribution in [3.05, 3.63) is 132 Å². The molecule has 1 N–H and O–H groups in total. The Hall–Kier alpha value is -4.40. The minimum atomic E-state index is -0.0511. The highest BCUT2D eigenvalue weighted by Crippen LogP contribution is 2.52. The number of fused-ring (bicyclic) bond motifs is 8. The van der Waals surface area contributed by atoms with E-state index < -0.39 is 0 Å². The number of nitrogens with one attached hydrogen (secondary N) is 1. The number of anilines is 2. The van der Waals surface area contributed by atoms with E-state index in [1.807, 2.05) is 11.3 Å². The maximum Gasteiger partial charge on any atom is 0.0391 e. The highest BCUT2D eigenvalue weighted by Gasteiger charge is 2.36. The van der Waals surface area contributed by atoms with Crippen molar-refractivity contribution < 1.29 is 0 Å². The zero-order valence-corrected chi connectivity index (χ0v) is 22.8. The van der Waals surface area contributed by atoms with Gasteiger partial charge < -0.3 is 5.32 Å². The number of benzene rings is 6. The molecule has 6 aromatic carbocycles. The molecule has 0 unspecified atom stereocenters. The molecule has 2 heteroatoms. The van der Waals surface area contributed by atoms with Gasteiger partial charge in [0.2, 0.25) is 0 Å². The maximum atomic E-state index is 3.75. The van der Waals surface area contributed by atoms with Gasteiger partial charge in [0.15, 0.2) is 0 Å². The molecule has 0 saturated heterocycles. The zero-order valence-electron chi connectivity index (χ0n) is 22.0. The molecule has 0 spiro atoms. The monoisotopic (exact) mass is 517 g/mol. The third kappa shape index (κ3) is 3.38. The zero-order chi connectivity index (χ0) is 26.1. The van der Waals surface area contributed by atoms with Crippen LogP contribution in [0.1, 0.15) is 25.0 Å². The average molecular weight is 518 g/mol. The molecule has 39 heavy (non-hydrogen) atoms. The second-order valence-corrected chi connectivity index (χ2v) is 12.2. The second-order valence-electron chi connectivity index (χ2n) is 11.1. The summed E-state index contributed by atoms with van der Waals surface area (Å²) < 4.78 is 2.64. The van der Waals surface area contributed by atoms with Gasteiger partial charge in [0.1, 0.15) is 0 Å². The van der Waals surface area contributed by atoms with Crippen molar-refractivity contribution in [3.8, 4) is 22.3 Å². The fraction of sp³-hybridized carbons (Fsp3) is 0.0811. The van der Waals surface area contributed by atoms with Gasteiger partial charge in [-0.25, -0.2) is 0 Å².